The first-order valence-electron chi connectivity index (χ1n) is 7.33. The third kappa shape index (κ3) is 4.18. The Morgan fingerprint density at radius 2 is 2.00 bits per heavy atom. The Kier molecular flexibility index (Phi) is 5.51. The number of aromatic nitrogens is 1. The second kappa shape index (κ2) is 7.57. The van der Waals surface area contributed by atoms with Crippen molar-refractivity contribution in [3.63, 3.8) is 0 Å². The predicted molar refractivity (Wildman–Crippen MR) is 78.0 cm³/mol. The molecule has 23 heavy (non-hydrogen) atoms. The van der Waals surface area contributed by atoms with Gasteiger partial charge in [-0.3, -0.25) is 9.69 Å². The molecule has 0 saturated carbocycles. The van der Waals surface area contributed by atoms with Gasteiger partial charge in [0.25, 0.3) is 6.73 Å². The van der Waals surface area contributed by atoms with Gasteiger partial charge in [-0.15, -0.1) is 0 Å². The van der Waals surface area contributed by atoms with E-state index in [2.05, 4.69) is 0 Å². The Bertz CT molecular complexity index is 587. The smallest absolute Gasteiger partial charge is 0.415 e. The molecule has 0 spiro atoms. The maximum Gasteiger partial charge on any atom is 0.415 e. The second-order valence-electron chi connectivity index (χ2n) is 5.23. The van der Waals surface area contributed by atoms with E-state index in [9.17, 15) is 14.4 Å². The highest BCUT2D eigenvalue weighted by atomic mass is 16.6. The van der Waals surface area contributed by atoms with Crippen LogP contribution in [-0.2, 0) is 21.0 Å². The molecule has 124 valence electrons. The van der Waals surface area contributed by atoms with Crippen LogP contribution in [0.1, 0.15) is 29.6 Å². The summed E-state index contributed by atoms with van der Waals surface area (Å²) in [6.45, 7) is 0.437. The van der Waals surface area contributed by atoms with Crippen LogP contribution in [0.25, 0.3) is 0 Å². The van der Waals surface area contributed by atoms with Gasteiger partial charge in [0.15, 0.2) is 12.4 Å². The first kappa shape index (κ1) is 16.7. The fraction of sp³-hybridized carbons (Fsp3) is 0.467. The third-order valence-corrected chi connectivity index (χ3v) is 3.72. The summed E-state index contributed by atoms with van der Waals surface area (Å²) in [5, 5.41) is 0. The van der Waals surface area contributed by atoms with Gasteiger partial charge in [-0.25, -0.2) is 9.59 Å². The summed E-state index contributed by atoms with van der Waals surface area (Å²) >= 11 is 0. The van der Waals surface area contributed by atoms with Crippen molar-refractivity contribution < 1.29 is 28.4 Å². The topological polar surface area (TPSA) is 103 Å². The summed E-state index contributed by atoms with van der Waals surface area (Å²) in [5.41, 5.74) is 5.53. The van der Waals surface area contributed by atoms with Crippen LogP contribution in [-0.4, -0.2) is 42.6 Å². The van der Waals surface area contributed by atoms with E-state index in [4.69, 9.17) is 15.2 Å². The molecule has 1 unspecified atom stereocenters. The number of amides is 2. The lowest BCUT2D eigenvalue weighted by atomic mass is 10.0. The summed E-state index contributed by atoms with van der Waals surface area (Å²) in [4.78, 5) is 36.3. The standard InChI is InChI=1S/C15H19N3O5/c1-22-14(20)12-4-2-3-7-18(12)15(21)23-10-17-8-5-11(6-9-17)13(16)19/h5-6,8-9,12H,2-4,7,10H2,1H3,(H-,16,19)/p+1. The Labute approximate surface area is 133 Å². The summed E-state index contributed by atoms with van der Waals surface area (Å²) in [7, 11) is 1.30. The lowest BCUT2D eigenvalue weighted by Gasteiger charge is -2.32. The minimum atomic E-state index is -0.594. The van der Waals surface area contributed by atoms with Crippen LogP contribution in [0.4, 0.5) is 4.79 Å². The molecule has 1 saturated heterocycles. The highest BCUT2D eigenvalue weighted by Gasteiger charge is 2.34. The number of piperidine rings is 1. The Hall–Kier alpha value is -2.64. The molecule has 0 aliphatic carbocycles. The molecule has 8 heteroatoms. The summed E-state index contributed by atoms with van der Waals surface area (Å²) in [6, 6.07) is 2.48. The van der Waals surface area contributed by atoms with Crippen LogP contribution in [0, 0.1) is 0 Å². The van der Waals surface area contributed by atoms with Crippen LogP contribution >= 0.6 is 0 Å². The molecule has 2 heterocycles. The summed E-state index contributed by atoms with van der Waals surface area (Å²) in [5.74, 6) is -0.955. The number of carbonyl (C=O) groups excluding carboxylic acids is 3. The Morgan fingerprint density at radius 1 is 1.30 bits per heavy atom. The molecule has 1 atom stereocenters. The van der Waals surface area contributed by atoms with Crippen LogP contribution < -0.4 is 10.3 Å². The second-order valence-corrected chi connectivity index (χ2v) is 5.23. The zero-order valence-corrected chi connectivity index (χ0v) is 12.9. The molecule has 2 rings (SSSR count). The number of nitrogens with zero attached hydrogens (tertiary/aromatic N) is 2. The van der Waals surface area contributed by atoms with E-state index in [0.717, 1.165) is 12.8 Å². The number of pyridine rings is 1. The number of ether oxygens (including phenoxy) is 2. The van der Waals surface area contributed by atoms with E-state index in [0.29, 0.717) is 18.5 Å². The Balaban J connectivity index is 1.94. The van der Waals surface area contributed by atoms with Crippen molar-refractivity contribution in [3.05, 3.63) is 30.1 Å². The molecule has 1 aromatic rings. The average Bonchev–Trinajstić information content (AvgIpc) is 2.59. The number of hydrogen-bond acceptors (Lipinski definition) is 5. The molecular formula is C15H20N3O5+. The van der Waals surface area contributed by atoms with Gasteiger partial charge in [0.05, 0.1) is 12.7 Å². The van der Waals surface area contributed by atoms with Gasteiger partial charge in [-0.2, -0.15) is 4.57 Å². The fourth-order valence-corrected chi connectivity index (χ4v) is 2.45. The molecule has 1 aliphatic rings. The molecule has 1 aromatic heterocycles. The quantitative estimate of drug-likeness (QED) is 0.630. The predicted octanol–water partition coefficient (Wildman–Crippen LogP) is 0.195. The number of nitrogens with two attached hydrogens (primary N) is 1. The van der Waals surface area contributed by atoms with Crippen molar-refractivity contribution >= 4 is 18.0 Å². The van der Waals surface area contributed by atoms with E-state index in [1.165, 1.54) is 24.1 Å². The average molecular weight is 322 g/mol. The lowest BCUT2D eigenvalue weighted by molar-refractivity contribution is -0.727. The zero-order chi connectivity index (χ0) is 16.8. The number of hydrogen-bond donors (Lipinski definition) is 1. The third-order valence-electron chi connectivity index (χ3n) is 3.72. The van der Waals surface area contributed by atoms with E-state index in [-0.39, 0.29) is 6.73 Å². The molecule has 8 nitrogen and oxygen atoms in total. The number of carbonyl (C=O) groups is 3. The van der Waals surface area contributed by atoms with Crippen molar-refractivity contribution in [2.24, 2.45) is 5.73 Å². The number of methoxy groups -OCH3 is 1. The first-order valence-corrected chi connectivity index (χ1v) is 7.33. The van der Waals surface area contributed by atoms with Crippen molar-refractivity contribution in [1.29, 1.82) is 0 Å². The van der Waals surface area contributed by atoms with E-state index in [1.807, 2.05) is 0 Å². The minimum Gasteiger partial charge on any atom is -0.467 e. The molecule has 0 radical (unpaired) electrons. The lowest BCUT2D eigenvalue weighted by Crippen LogP contribution is -2.49. The van der Waals surface area contributed by atoms with Crippen LogP contribution in [0.5, 0.6) is 0 Å². The van der Waals surface area contributed by atoms with Crippen molar-refractivity contribution in [2.45, 2.75) is 32.0 Å². The van der Waals surface area contributed by atoms with Gasteiger partial charge in [-0.1, -0.05) is 0 Å². The normalized spacial score (nSPS) is 17.4. The van der Waals surface area contributed by atoms with Gasteiger partial charge in [0.2, 0.25) is 5.91 Å². The van der Waals surface area contributed by atoms with Gasteiger partial charge < -0.3 is 15.2 Å². The van der Waals surface area contributed by atoms with Gasteiger partial charge in [0.1, 0.15) is 6.04 Å². The Morgan fingerprint density at radius 3 is 2.61 bits per heavy atom. The molecule has 2 N–H and O–H groups in total. The molecule has 2 amide bonds. The number of likely N-dealkylation sites (tertiary alicyclic amines) is 1. The summed E-state index contributed by atoms with van der Waals surface area (Å²) in [6.07, 6.45) is 4.87. The maximum atomic E-state index is 12.2. The highest BCUT2D eigenvalue weighted by Crippen LogP contribution is 2.19. The van der Waals surface area contributed by atoms with Gasteiger partial charge in [-0.05, 0) is 19.3 Å². The van der Waals surface area contributed by atoms with E-state index >= 15 is 0 Å². The molecule has 0 bridgehead atoms. The number of esters is 1. The van der Waals surface area contributed by atoms with E-state index < -0.39 is 24.0 Å². The number of primary amides is 1. The van der Waals surface area contributed by atoms with Crippen LogP contribution in [0.3, 0.4) is 0 Å². The largest absolute Gasteiger partial charge is 0.467 e. The molecule has 1 fully saturated rings. The fourth-order valence-electron chi connectivity index (χ4n) is 2.45. The molecule has 0 aromatic carbocycles. The van der Waals surface area contributed by atoms with Gasteiger partial charge >= 0.3 is 12.1 Å². The van der Waals surface area contributed by atoms with Crippen molar-refractivity contribution in [3.8, 4) is 0 Å². The minimum absolute atomic E-state index is 0.0255. The van der Waals surface area contributed by atoms with Crippen molar-refractivity contribution in [1.82, 2.24) is 4.90 Å². The number of rotatable bonds is 4. The molecule has 1 aliphatic heterocycles. The van der Waals surface area contributed by atoms with Gasteiger partial charge in [0, 0.05) is 18.7 Å². The zero-order valence-electron chi connectivity index (χ0n) is 12.9. The highest BCUT2D eigenvalue weighted by molar-refractivity contribution is 5.92. The van der Waals surface area contributed by atoms with Crippen LogP contribution in [0.2, 0.25) is 0 Å². The molecular weight excluding hydrogens is 302 g/mol. The summed E-state index contributed by atoms with van der Waals surface area (Å²) < 4.78 is 11.5. The first-order chi connectivity index (χ1) is 11.0. The van der Waals surface area contributed by atoms with Crippen molar-refractivity contribution in [2.75, 3.05) is 13.7 Å². The maximum absolute atomic E-state index is 12.2. The monoisotopic (exact) mass is 322 g/mol. The van der Waals surface area contributed by atoms with E-state index in [1.54, 1.807) is 17.0 Å². The SMILES string of the molecule is COC(=O)C1CCCCN1C(=O)OC[n+]1ccc(C(N)=O)cc1. The van der Waals surface area contributed by atoms with Crippen LogP contribution in [0.15, 0.2) is 24.5 Å².